The molecule has 0 amide bonds. The van der Waals surface area contributed by atoms with Crippen molar-refractivity contribution >= 4 is 5.97 Å². The lowest BCUT2D eigenvalue weighted by atomic mass is 10.0. The number of aromatic nitrogens is 4. The third kappa shape index (κ3) is 2.68. The molecule has 1 fully saturated rings. The van der Waals surface area contributed by atoms with Gasteiger partial charge >= 0.3 is 5.97 Å². The maximum Gasteiger partial charge on any atom is 0.305 e. The summed E-state index contributed by atoms with van der Waals surface area (Å²) >= 11 is 0. The minimum Gasteiger partial charge on any atom is -0.481 e. The van der Waals surface area contributed by atoms with Crippen molar-refractivity contribution < 1.29 is 9.90 Å². The molecule has 0 bridgehead atoms. The van der Waals surface area contributed by atoms with Crippen LogP contribution >= 0.6 is 0 Å². The minimum atomic E-state index is -0.780. The number of tetrazole rings is 1. The van der Waals surface area contributed by atoms with Crippen LogP contribution in [-0.2, 0) is 4.79 Å². The zero-order valence-electron chi connectivity index (χ0n) is 10.9. The van der Waals surface area contributed by atoms with Crippen molar-refractivity contribution in [1.29, 1.82) is 0 Å². The molecule has 6 nitrogen and oxygen atoms in total. The third-order valence-corrected chi connectivity index (χ3v) is 3.73. The number of hydrogen-bond acceptors (Lipinski definition) is 4. The Balaban J connectivity index is 2.24. The average molecular weight is 252 g/mol. The number of carboxylic acids is 1. The van der Waals surface area contributed by atoms with Crippen molar-refractivity contribution in [3.8, 4) is 0 Å². The van der Waals surface area contributed by atoms with Crippen molar-refractivity contribution in [3.63, 3.8) is 0 Å². The van der Waals surface area contributed by atoms with Crippen molar-refractivity contribution in [1.82, 2.24) is 20.2 Å². The van der Waals surface area contributed by atoms with Crippen molar-refractivity contribution in [2.45, 2.75) is 57.9 Å². The van der Waals surface area contributed by atoms with Gasteiger partial charge in [0.05, 0.1) is 12.5 Å². The van der Waals surface area contributed by atoms with E-state index >= 15 is 0 Å². The zero-order valence-corrected chi connectivity index (χ0v) is 10.9. The van der Waals surface area contributed by atoms with Gasteiger partial charge in [0.25, 0.3) is 0 Å². The maximum atomic E-state index is 11.0. The van der Waals surface area contributed by atoms with Crippen LogP contribution in [0.3, 0.4) is 0 Å². The van der Waals surface area contributed by atoms with Crippen LogP contribution in [-0.4, -0.2) is 31.3 Å². The van der Waals surface area contributed by atoms with Gasteiger partial charge in [-0.15, -0.1) is 5.10 Å². The molecule has 1 aromatic heterocycles. The quantitative estimate of drug-likeness (QED) is 0.802. The van der Waals surface area contributed by atoms with Crippen LogP contribution in [0, 0.1) is 5.92 Å². The number of nitrogens with zero attached hydrogens (tertiary/aromatic N) is 4. The van der Waals surface area contributed by atoms with Crippen LogP contribution < -0.4 is 0 Å². The Hall–Kier alpha value is -1.46. The molecule has 2 rings (SSSR count). The first-order valence-corrected chi connectivity index (χ1v) is 6.66. The van der Waals surface area contributed by atoms with E-state index in [2.05, 4.69) is 29.4 Å². The van der Waals surface area contributed by atoms with Crippen molar-refractivity contribution in [3.05, 3.63) is 5.82 Å². The van der Waals surface area contributed by atoms with E-state index < -0.39 is 5.97 Å². The first kappa shape index (κ1) is 13.0. The second kappa shape index (κ2) is 5.46. The fourth-order valence-corrected chi connectivity index (χ4v) is 2.47. The van der Waals surface area contributed by atoms with Crippen LogP contribution in [0.5, 0.6) is 0 Å². The van der Waals surface area contributed by atoms with Gasteiger partial charge in [0, 0.05) is 5.92 Å². The molecule has 1 aromatic rings. The first-order valence-electron chi connectivity index (χ1n) is 6.66. The van der Waals surface area contributed by atoms with Gasteiger partial charge < -0.3 is 5.11 Å². The normalized spacial score (nSPS) is 17.1. The second-order valence-corrected chi connectivity index (χ2v) is 5.00. The molecular weight excluding hydrogens is 232 g/mol. The Kier molecular flexibility index (Phi) is 3.93. The van der Waals surface area contributed by atoms with E-state index in [1.807, 2.05) is 0 Å². The molecule has 1 heterocycles. The lowest BCUT2D eigenvalue weighted by Gasteiger charge is -2.19. The molecular formula is C12H20N4O2. The molecule has 1 aliphatic rings. The molecule has 1 atom stereocenters. The summed E-state index contributed by atoms with van der Waals surface area (Å²) in [4.78, 5) is 11.0. The summed E-state index contributed by atoms with van der Waals surface area (Å²) in [6.07, 6.45) is 4.23. The third-order valence-electron chi connectivity index (χ3n) is 3.73. The highest BCUT2D eigenvalue weighted by atomic mass is 16.4. The Morgan fingerprint density at radius 3 is 2.61 bits per heavy atom. The van der Waals surface area contributed by atoms with Gasteiger partial charge in [-0.2, -0.15) is 0 Å². The summed E-state index contributed by atoms with van der Waals surface area (Å²) < 4.78 is 1.77. The zero-order chi connectivity index (χ0) is 13.1. The Morgan fingerprint density at radius 2 is 2.11 bits per heavy atom. The average Bonchev–Trinajstić information content (AvgIpc) is 3.07. The molecule has 100 valence electrons. The predicted molar refractivity (Wildman–Crippen MR) is 65.2 cm³/mol. The van der Waals surface area contributed by atoms with Gasteiger partial charge in [0.15, 0.2) is 5.82 Å². The van der Waals surface area contributed by atoms with E-state index in [1.165, 1.54) is 0 Å². The molecule has 0 radical (unpaired) electrons. The highest BCUT2D eigenvalue weighted by Crippen LogP contribution is 2.42. The van der Waals surface area contributed by atoms with Gasteiger partial charge in [0.2, 0.25) is 0 Å². The smallest absolute Gasteiger partial charge is 0.305 e. The molecule has 0 spiro atoms. The van der Waals surface area contributed by atoms with Crippen LogP contribution in [0.4, 0.5) is 0 Å². The van der Waals surface area contributed by atoms with Gasteiger partial charge in [-0.25, -0.2) is 4.68 Å². The predicted octanol–water partition coefficient (Wildman–Crippen LogP) is 2.00. The molecule has 1 aliphatic carbocycles. The minimum absolute atomic E-state index is 0.0758. The Labute approximate surface area is 106 Å². The molecule has 0 aliphatic heterocycles. The monoisotopic (exact) mass is 252 g/mol. The van der Waals surface area contributed by atoms with E-state index in [-0.39, 0.29) is 12.5 Å². The Bertz CT molecular complexity index is 410. The Morgan fingerprint density at radius 1 is 1.44 bits per heavy atom. The van der Waals surface area contributed by atoms with Gasteiger partial charge in [-0.1, -0.05) is 13.8 Å². The van der Waals surface area contributed by atoms with Crippen LogP contribution in [0.2, 0.25) is 0 Å². The van der Waals surface area contributed by atoms with E-state index in [0.29, 0.717) is 11.8 Å². The highest BCUT2D eigenvalue weighted by molar-refractivity contribution is 5.67. The maximum absolute atomic E-state index is 11.0. The molecule has 1 N–H and O–H groups in total. The van der Waals surface area contributed by atoms with E-state index in [1.54, 1.807) is 4.68 Å². The molecule has 18 heavy (non-hydrogen) atoms. The standard InChI is InChI=1S/C12H20N4O2/c1-3-8(4-2)12-13-14-15-16(12)10(7-11(17)18)9-5-6-9/h8-10H,3-7H2,1-2H3,(H,17,18). The molecule has 1 saturated carbocycles. The van der Waals surface area contributed by atoms with E-state index in [4.69, 9.17) is 5.11 Å². The van der Waals surface area contributed by atoms with Gasteiger partial charge in [0.1, 0.15) is 0 Å². The largest absolute Gasteiger partial charge is 0.481 e. The number of carboxylic acid groups (broad SMARTS) is 1. The lowest BCUT2D eigenvalue weighted by Crippen LogP contribution is -2.21. The molecule has 6 heteroatoms. The number of hydrogen-bond donors (Lipinski definition) is 1. The first-order chi connectivity index (χ1) is 8.67. The van der Waals surface area contributed by atoms with Crippen LogP contribution in [0.15, 0.2) is 0 Å². The van der Waals surface area contributed by atoms with Gasteiger partial charge in [-0.05, 0) is 42.0 Å². The summed E-state index contributed by atoms with van der Waals surface area (Å²) in [6.45, 7) is 4.22. The second-order valence-electron chi connectivity index (χ2n) is 5.00. The van der Waals surface area contributed by atoms with E-state index in [9.17, 15) is 4.79 Å². The summed E-state index contributed by atoms with van der Waals surface area (Å²) in [5, 5.41) is 20.9. The fourth-order valence-electron chi connectivity index (χ4n) is 2.47. The summed E-state index contributed by atoms with van der Waals surface area (Å²) in [5.74, 6) is 0.809. The van der Waals surface area contributed by atoms with Crippen molar-refractivity contribution in [2.24, 2.45) is 5.92 Å². The lowest BCUT2D eigenvalue weighted by molar-refractivity contribution is -0.138. The van der Waals surface area contributed by atoms with Crippen LogP contribution in [0.25, 0.3) is 0 Å². The fraction of sp³-hybridized carbons (Fsp3) is 0.833. The number of carbonyl (C=O) groups is 1. The van der Waals surface area contributed by atoms with Crippen molar-refractivity contribution in [2.75, 3.05) is 0 Å². The molecule has 1 unspecified atom stereocenters. The summed E-state index contributed by atoms with van der Waals surface area (Å²) in [7, 11) is 0. The highest BCUT2D eigenvalue weighted by Gasteiger charge is 2.36. The van der Waals surface area contributed by atoms with E-state index in [0.717, 1.165) is 31.5 Å². The van der Waals surface area contributed by atoms with Crippen LogP contribution in [0.1, 0.15) is 63.7 Å². The number of aliphatic carboxylic acids is 1. The summed E-state index contributed by atoms with van der Waals surface area (Å²) in [6, 6.07) is -0.0758. The SMILES string of the molecule is CCC(CC)c1nnnn1C(CC(=O)O)C1CC1. The number of rotatable bonds is 7. The summed E-state index contributed by atoms with van der Waals surface area (Å²) in [5.41, 5.74) is 0. The topological polar surface area (TPSA) is 80.9 Å². The molecule has 0 aromatic carbocycles. The molecule has 0 saturated heterocycles. The van der Waals surface area contributed by atoms with Gasteiger partial charge in [-0.3, -0.25) is 4.79 Å².